The Morgan fingerprint density at radius 2 is 1.80 bits per heavy atom. The number of nitrogens with zero attached hydrogens (tertiary/aromatic N) is 1. The zero-order valence-corrected chi connectivity index (χ0v) is 13.5. The molecule has 0 aliphatic carbocycles. The maximum atomic E-state index is 11.3. The summed E-state index contributed by atoms with van der Waals surface area (Å²) in [6.07, 6.45) is -4.79. The van der Waals surface area contributed by atoms with Crippen molar-refractivity contribution >= 4 is 17.6 Å². The monoisotopic (exact) mass is 355 g/mol. The molecule has 1 saturated heterocycles. The molecule has 0 saturated carbocycles. The first-order chi connectivity index (χ1) is 11.8. The number of esters is 2. The predicted molar refractivity (Wildman–Crippen MR) is 80.6 cm³/mol. The zero-order valence-electron chi connectivity index (χ0n) is 13.5. The quantitative estimate of drug-likeness (QED) is 0.456. The second kappa shape index (κ2) is 7.90. The normalized spacial score (nSPS) is 25.7. The van der Waals surface area contributed by atoms with Gasteiger partial charge in [-0.05, 0) is 12.1 Å². The van der Waals surface area contributed by atoms with E-state index in [2.05, 4.69) is 0 Å². The molecule has 1 fully saturated rings. The number of benzene rings is 1. The molecule has 0 amide bonds. The molecule has 10 nitrogen and oxygen atoms in total. The van der Waals surface area contributed by atoms with Crippen LogP contribution >= 0.6 is 0 Å². The smallest absolute Gasteiger partial charge is 0.303 e. The highest BCUT2D eigenvalue weighted by Crippen LogP contribution is 2.25. The van der Waals surface area contributed by atoms with E-state index in [4.69, 9.17) is 18.9 Å². The number of hydrogen-bond donors (Lipinski definition) is 1. The van der Waals surface area contributed by atoms with Crippen LogP contribution in [-0.2, 0) is 23.8 Å². The van der Waals surface area contributed by atoms with E-state index in [-0.39, 0.29) is 18.0 Å². The Balaban J connectivity index is 2.13. The molecule has 2 rings (SSSR count). The van der Waals surface area contributed by atoms with Gasteiger partial charge in [0.2, 0.25) is 6.29 Å². The lowest BCUT2D eigenvalue weighted by atomic mass is 10.0. The summed E-state index contributed by atoms with van der Waals surface area (Å²) in [7, 11) is 0. The van der Waals surface area contributed by atoms with E-state index < -0.39 is 41.5 Å². The van der Waals surface area contributed by atoms with E-state index >= 15 is 0 Å². The first-order valence-electron chi connectivity index (χ1n) is 7.33. The minimum atomic E-state index is -1.36. The van der Waals surface area contributed by atoms with Crippen molar-refractivity contribution < 1.29 is 38.6 Å². The lowest BCUT2D eigenvalue weighted by molar-refractivity contribution is -0.384. The number of aliphatic hydroxyl groups excluding tert-OH is 1. The van der Waals surface area contributed by atoms with Gasteiger partial charge in [-0.1, -0.05) is 0 Å². The van der Waals surface area contributed by atoms with E-state index in [1.807, 2.05) is 0 Å². The van der Waals surface area contributed by atoms with Crippen LogP contribution in [0.3, 0.4) is 0 Å². The fraction of sp³-hybridized carbons (Fsp3) is 0.467. The van der Waals surface area contributed by atoms with Gasteiger partial charge < -0.3 is 24.1 Å². The fourth-order valence-corrected chi connectivity index (χ4v) is 2.27. The highest BCUT2D eigenvalue weighted by Gasteiger charge is 2.45. The van der Waals surface area contributed by atoms with E-state index in [1.165, 1.54) is 31.2 Å². The Hall–Kier alpha value is -2.72. The van der Waals surface area contributed by atoms with Crippen molar-refractivity contribution in [2.24, 2.45) is 0 Å². The Morgan fingerprint density at radius 3 is 2.32 bits per heavy atom. The van der Waals surface area contributed by atoms with Crippen LogP contribution in [0.1, 0.15) is 13.8 Å². The number of carbonyl (C=O) groups excluding carboxylic acids is 2. The molecule has 1 heterocycles. The van der Waals surface area contributed by atoms with Crippen LogP contribution in [0.2, 0.25) is 0 Å². The lowest BCUT2D eigenvalue weighted by Gasteiger charge is -2.38. The number of non-ortho nitro benzene ring substituents is 1. The predicted octanol–water partition coefficient (Wildman–Crippen LogP) is 0.554. The van der Waals surface area contributed by atoms with E-state index in [0.29, 0.717) is 0 Å². The van der Waals surface area contributed by atoms with E-state index in [1.54, 1.807) is 0 Å². The molecule has 4 atom stereocenters. The standard InChI is InChI=1S/C15H17NO9/c1-8(17)23-12-7-22-15(14(13(12)19)24-9(2)18)25-11-5-3-10(4-6-11)16(20)21/h3-6,12-15,19H,7H2,1-2H3/t12-,13+,14-,15+/m1/s1. The summed E-state index contributed by atoms with van der Waals surface area (Å²) < 4.78 is 20.8. The first kappa shape index (κ1) is 18.6. The highest BCUT2D eigenvalue weighted by atomic mass is 16.7. The topological polar surface area (TPSA) is 134 Å². The molecule has 0 spiro atoms. The van der Waals surface area contributed by atoms with Gasteiger partial charge in [0.15, 0.2) is 12.2 Å². The third kappa shape index (κ3) is 4.88. The van der Waals surface area contributed by atoms with Crippen molar-refractivity contribution in [1.82, 2.24) is 0 Å². The molecule has 1 aliphatic heterocycles. The SMILES string of the molecule is CC(=O)O[C@H]1[C@H](Oc2ccc([N+](=O)[O-])cc2)OC[C@@H](OC(C)=O)[C@@H]1O. The van der Waals surface area contributed by atoms with Gasteiger partial charge in [0.05, 0.1) is 11.5 Å². The maximum Gasteiger partial charge on any atom is 0.303 e. The largest absolute Gasteiger partial charge is 0.461 e. The molecule has 0 radical (unpaired) electrons. The van der Waals surface area contributed by atoms with Gasteiger partial charge in [0.25, 0.3) is 5.69 Å². The molecular weight excluding hydrogens is 338 g/mol. The van der Waals surface area contributed by atoms with Crippen LogP contribution < -0.4 is 4.74 Å². The summed E-state index contributed by atoms with van der Waals surface area (Å²) in [5, 5.41) is 20.9. The number of ether oxygens (including phenoxy) is 4. The van der Waals surface area contributed by atoms with Gasteiger partial charge in [0, 0.05) is 26.0 Å². The summed E-state index contributed by atoms with van der Waals surface area (Å²) >= 11 is 0. The Bertz CT molecular complexity index is 645. The fourth-order valence-electron chi connectivity index (χ4n) is 2.27. The van der Waals surface area contributed by atoms with Gasteiger partial charge in [-0.3, -0.25) is 19.7 Å². The van der Waals surface area contributed by atoms with Gasteiger partial charge in [-0.25, -0.2) is 0 Å². The number of nitro benzene ring substituents is 1. The van der Waals surface area contributed by atoms with Crippen molar-refractivity contribution in [1.29, 1.82) is 0 Å². The van der Waals surface area contributed by atoms with Crippen LogP contribution in [0, 0.1) is 10.1 Å². The van der Waals surface area contributed by atoms with Crippen molar-refractivity contribution in [3.63, 3.8) is 0 Å². The summed E-state index contributed by atoms with van der Waals surface area (Å²) in [6, 6.07) is 5.15. The molecular formula is C15H17NO9. The summed E-state index contributed by atoms with van der Waals surface area (Å²) in [4.78, 5) is 32.4. The average Bonchev–Trinajstić information content (AvgIpc) is 2.53. The van der Waals surface area contributed by atoms with Crippen LogP contribution in [0.15, 0.2) is 24.3 Å². The Labute approximate surface area is 142 Å². The third-order valence-electron chi connectivity index (χ3n) is 3.33. The molecule has 1 aromatic carbocycles. The summed E-state index contributed by atoms with van der Waals surface area (Å²) in [5.41, 5.74) is -0.122. The summed E-state index contributed by atoms with van der Waals surface area (Å²) in [6.45, 7) is 2.15. The van der Waals surface area contributed by atoms with Crippen LogP contribution in [0.4, 0.5) is 5.69 Å². The molecule has 0 aromatic heterocycles. The Kier molecular flexibility index (Phi) is 5.88. The second-order valence-electron chi connectivity index (χ2n) is 5.28. The molecule has 1 aliphatic rings. The van der Waals surface area contributed by atoms with Crippen molar-refractivity contribution in [3.8, 4) is 5.75 Å². The first-order valence-corrected chi connectivity index (χ1v) is 7.33. The van der Waals surface area contributed by atoms with Gasteiger partial charge >= 0.3 is 11.9 Å². The number of carbonyl (C=O) groups is 2. The van der Waals surface area contributed by atoms with E-state index in [0.717, 1.165) is 6.92 Å². The lowest BCUT2D eigenvalue weighted by Crippen LogP contribution is -2.57. The third-order valence-corrected chi connectivity index (χ3v) is 3.33. The molecule has 25 heavy (non-hydrogen) atoms. The van der Waals surface area contributed by atoms with Crippen molar-refractivity contribution in [2.45, 2.75) is 38.4 Å². The number of aliphatic hydroxyl groups is 1. The maximum absolute atomic E-state index is 11.3. The second-order valence-corrected chi connectivity index (χ2v) is 5.28. The zero-order chi connectivity index (χ0) is 18.6. The number of rotatable bonds is 5. The van der Waals surface area contributed by atoms with Crippen molar-refractivity contribution in [2.75, 3.05) is 6.61 Å². The average molecular weight is 355 g/mol. The van der Waals surface area contributed by atoms with Gasteiger partial charge in [0.1, 0.15) is 11.9 Å². The Morgan fingerprint density at radius 1 is 1.20 bits per heavy atom. The number of hydrogen-bond acceptors (Lipinski definition) is 9. The molecule has 1 aromatic rings. The number of nitro groups is 1. The molecule has 10 heteroatoms. The van der Waals surface area contributed by atoms with Gasteiger partial charge in [-0.15, -0.1) is 0 Å². The van der Waals surface area contributed by atoms with Crippen LogP contribution in [-0.4, -0.2) is 53.2 Å². The molecule has 1 N–H and O–H groups in total. The molecule has 136 valence electrons. The summed E-state index contributed by atoms with van der Waals surface area (Å²) in [5.74, 6) is -1.09. The minimum Gasteiger partial charge on any atom is -0.461 e. The van der Waals surface area contributed by atoms with E-state index in [9.17, 15) is 24.8 Å². The minimum absolute atomic E-state index is 0.122. The molecule has 0 bridgehead atoms. The molecule has 0 unspecified atom stereocenters. The van der Waals surface area contributed by atoms with Crippen LogP contribution in [0.5, 0.6) is 5.75 Å². The van der Waals surface area contributed by atoms with Crippen molar-refractivity contribution in [3.05, 3.63) is 34.4 Å². The highest BCUT2D eigenvalue weighted by molar-refractivity contribution is 5.67. The van der Waals surface area contributed by atoms with Crippen LogP contribution in [0.25, 0.3) is 0 Å². The van der Waals surface area contributed by atoms with Gasteiger partial charge in [-0.2, -0.15) is 0 Å².